The van der Waals surface area contributed by atoms with E-state index in [4.69, 9.17) is 5.10 Å². The summed E-state index contributed by atoms with van der Waals surface area (Å²) in [5.41, 5.74) is 7.09. The van der Waals surface area contributed by atoms with Crippen LogP contribution >= 0.6 is 22.6 Å². The number of hydrogen-bond donors (Lipinski definition) is 0. The van der Waals surface area contributed by atoms with Crippen molar-refractivity contribution >= 4 is 22.6 Å². The van der Waals surface area contributed by atoms with Crippen molar-refractivity contribution in [2.45, 2.75) is 58.8 Å². The Bertz CT molecular complexity index is 661. The maximum atomic E-state index is 5.04. The van der Waals surface area contributed by atoms with E-state index < -0.39 is 0 Å². The van der Waals surface area contributed by atoms with Crippen LogP contribution in [-0.2, 0) is 24.7 Å². The highest BCUT2D eigenvalue weighted by Crippen LogP contribution is 2.40. The zero-order chi connectivity index (χ0) is 15.2. The third kappa shape index (κ3) is 2.33. The Balaban J connectivity index is 2.24. The Hall–Kier alpha value is -0.840. The Morgan fingerprint density at radius 3 is 2.33 bits per heavy atom. The minimum absolute atomic E-state index is 0.216. The van der Waals surface area contributed by atoms with Gasteiger partial charge in [-0.05, 0) is 59.4 Å². The standard InChI is InChI=1S/C18H23IN2/c1-5-12-8-7-9-13(6-2)15(12)21-17(19)14-10-11-18(3,4)16(14)20-21/h7-9H,5-6,10-11H2,1-4H3. The SMILES string of the molecule is CCc1cccc(CC)c1-n1nc2c(c1I)CCC2(C)C. The first-order chi connectivity index (χ1) is 9.99. The number of aryl methyl sites for hydroxylation is 2. The predicted octanol–water partition coefficient (Wildman–Crippen LogP) is 4.83. The average Bonchev–Trinajstić information content (AvgIpc) is 2.96. The summed E-state index contributed by atoms with van der Waals surface area (Å²) in [6.07, 6.45) is 4.48. The molecule has 0 N–H and O–H groups in total. The van der Waals surface area contributed by atoms with Crippen LogP contribution in [0.1, 0.15) is 56.5 Å². The molecule has 0 unspecified atom stereocenters. The predicted molar refractivity (Wildman–Crippen MR) is 96.4 cm³/mol. The smallest absolute Gasteiger partial charge is 0.108 e. The Morgan fingerprint density at radius 2 is 1.81 bits per heavy atom. The van der Waals surface area contributed by atoms with E-state index in [-0.39, 0.29) is 5.41 Å². The topological polar surface area (TPSA) is 17.8 Å². The number of hydrogen-bond acceptors (Lipinski definition) is 1. The molecule has 0 aliphatic heterocycles. The molecule has 1 aromatic carbocycles. The van der Waals surface area contributed by atoms with Crippen molar-refractivity contribution < 1.29 is 0 Å². The third-order valence-corrected chi connectivity index (χ3v) is 5.85. The summed E-state index contributed by atoms with van der Waals surface area (Å²) in [6.45, 7) is 9.09. The summed E-state index contributed by atoms with van der Waals surface area (Å²) < 4.78 is 3.52. The molecule has 0 saturated carbocycles. The van der Waals surface area contributed by atoms with Crippen molar-refractivity contribution in [1.82, 2.24) is 9.78 Å². The van der Waals surface area contributed by atoms with Crippen molar-refractivity contribution in [1.29, 1.82) is 0 Å². The van der Waals surface area contributed by atoms with Gasteiger partial charge in [0.25, 0.3) is 0 Å². The highest BCUT2D eigenvalue weighted by molar-refractivity contribution is 14.1. The van der Waals surface area contributed by atoms with Crippen LogP contribution in [-0.4, -0.2) is 9.78 Å². The van der Waals surface area contributed by atoms with Crippen molar-refractivity contribution in [3.05, 3.63) is 44.3 Å². The van der Waals surface area contributed by atoms with Gasteiger partial charge in [-0.3, -0.25) is 0 Å². The molecule has 1 aromatic heterocycles. The first-order valence-electron chi connectivity index (χ1n) is 7.88. The van der Waals surface area contributed by atoms with Gasteiger partial charge in [0.05, 0.1) is 11.4 Å². The van der Waals surface area contributed by atoms with Gasteiger partial charge >= 0.3 is 0 Å². The molecule has 0 radical (unpaired) electrons. The number of rotatable bonds is 3. The summed E-state index contributed by atoms with van der Waals surface area (Å²) in [6, 6.07) is 6.65. The lowest BCUT2D eigenvalue weighted by Gasteiger charge is -2.18. The first kappa shape index (κ1) is 15.1. The van der Waals surface area contributed by atoms with Gasteiger partial charge in [-0.25, -0.2) is 4.68 Å². The summed E-state index contributed by atoms with van der Waals surface area (Å²) in [5, 5.41) is 5.04. The lowest BCUT2D eigenvalue weighted by molar-refractivity contribution is 0.498. The second-order valence-corrected chi connectivity index (χ2v) is 7.57. The highest BCUT2D eigenvalue weighted by Gasteiger charge is 2.36. The Morgan fingerprint density at radius 1 is 1.19 bits per heavy atom. The summed E-state index contributed by atoms with van der Waals surface area (Å²) in [5.74, 6) is 0. The minimum atomic E-state index is 0.216. The van der Waals surface area contributed by atoms with Crippen LogP contribution in [0.4, 0.5) is 0 Å². The summed E-state index contributed by atoms with van der Waals surface area (Å²) in [4.78, 5) is 0. The van der Waals surface area contributed by atoms with E-state index in [1.54, 1.807) is 0 Å². The molecule has 2 aromatic rings. The molecule has 1 aliphatic carbocycles. The van der Waals surface area contributed by atoms with Gasteiger partial charge in [-0.1, -0.05) is 45.9 Å². The van der Waals surface area contributed by atoms with Gasteiger partial charge in [0.15, 0.2) is 0 Å². The summed E-state index contributed by atoms with van der Waals surface area (Å²) >= 11 is 2.49. The zero-order valence-corrected chi connectivity index (χ0v) is 15.5. The van der Waals surface area contributed by atoms with E-state index in [0.29, 0.717) is 0 Å². The maximum Gasteiger partial charge on any atom is 0.108 e. The monoisotopic (exact) mass is 394 g/mol. The van der Waals surface area contributed by atoms with Gasteiger partial charge in [-0.2, -0.15) is 5.10 Å². The number of benzene rings is 1. The fourth-order valence-corrected chi connectivity index (χ4v) is 4.26. The van der Waals surface area contributed by atoms with Crippen LogP contribution in [0.2, 0.25) is 0 Å². The highest BCUT2D eigenvalue weighted by atomic mass is 127. The van der Waals surface area contributed by atoms with Crippen LogP contribution < -0.4 is 0 Å². The number of nitrogens with zero attached hydrogens (tertiary/aromatic N) is 2. The molecule has 21 heavy (non-hydrogen) atoms. The molecule has 0 atom stereocenters. The molecule has 3 heteroatoms. The molecule has 1 aliphatic rings. The molecule has 1 heterocycles. The van der Waals surface area contributed by atoms with Crippen molar-refractivity contribution in [3.8, 4) is 5.69 Å². The lowest BCUT2D eigenvalue weighted by atomic mass is 9.91. The quantitative estimate of drug-likeness (QED) is 0.683. The molecule has 2 nitrogen and oxygen atoms in total. The number of aromatic nitrogens is 2. The largest absolute Gasteiger partial charge is 0.226 e. The van der Waals surface area contributed by atoms with E-state index in [1.807, 2.05) is 0 Å². The lowest BCUT2D eigenvalue weighted by Crippen LogP contribution is -2.15. The molecule has 112 valence electrons. The Labute approximate surface area is 141 Å². The van der Waals surface area contributed by atoms with Crippen LogP contribution in [0.3, 0.4) is 0 Å². The maximum absolute atomic E-state index is 5.04. The van der Waals surface area contributed by atoms with Crippen molar-refractivity contribution in [2.24, 2.45) is 0 Å². The Kier molecular flexibility index (Phi) is 3.89. The van der Waals surface area contributed by atoms with Crippen LogP contribution in [0.15, 0.2) is 18.2 Å². The van der Waals surface area contributed by atoms with E-state index in [2.05, 4.69) is 73.2 Å². The zero-order valence-electron chi connectivity index (χ0n) is 13.3. The molecule has 3 rings (SSSR count). The van der Waals surface area contributed by atoms with E-state index in [9.17, 15) is 0 Å². The molecule has 0 bridgehead atoms. The van der Waals surface area contributed by atoms with Crippen molar-refractivity contribution in [3.63, 3.8) is 0 Å². The fraction of sp³-hybridized carbons (Fsp3) is 0.500. The van der Waals surface area contributed by atoms with E-state index in [0.717, 1.165) is 19.3 Å². The fourth-order valence-electron chi connectivity index (χ4n) is 3.39. The van der Waals surface area contributed by atoms with Crippen LogP contribution in [0.25, 0.3) is 5.69 Å². The van der Waals surface area contributed by atoms with Gasteiger partial charge in [0.1, 0.15) is 3.70 Å². The normalized spacial score (nSPS) is 16.2. The first-order valence-corrected chi connectivity index (χ1v) is 8.96. The number of para-hydroxylation sites is 1. The van der Waals surface area contributed by atoms with Gasteiger partial charge in [0, 0.05) is 11.0 Å². The third-order valence-electron chi connectivity index (χ3n) is 4.74. The minimum Gasteiger partial charge on any atom is -0.226 e. The molecule has 0 amide bonds. The van der Waals surface area contributed by atoms with Gasteiger partial charge < -0.3 is 0 Å². The van der Waals surface area contributed by atoms with Crippen LogP contribution in [0.5, 0.6) is 0 Å². The second kappa shape index (κ2) is 5.41. The van der Waals surface area contributed by atoms with Crippen LogP contribution in [0, 0.1) is 3.70 Å². The second-order valence-electron chi connectivity index (χ2n) is 6.55. The van der Waals surface area contributed by atoms with E-state index in [1.165, 1.54) is 38.2 Å². The van der Waals surface area contributed by atoms with E-state index >= 15 is 0 Å². The van der Waals surface area contributed by atoms with Gasteiger partial charge in [-0.15, -0.1) is 0 Å². The van der Waals surface area contributed by atoms with Crippen molar-refractivity contribution in [2.75, 3.05) is 0 Å². The molecular formula is C18H23IN2. The molecule has 0 fully saturated rings. The number of fused-ring (bicyclic) bond motifs is 1. The summed E-state index contributed by atoms with van der Waals surface area (Å²) in [7, 11) is 0. The molecule has 0 saturated heterocycles. The average molecular weight is 394 g/mol. The number of halogens is 1. The van der Waals surface area contributed by atoms with Gasteiger partial charge in [0.2, 0.25) is 0 Å². The molecular weight excluding hydrogens is 371 g/mol. The molecule has 0 spiro atoms.